The second-order valence-corrected chi connectivity index (χ2v) is 6.58. The van der Waals surface area contributed by atoms with Gasteiger partial charge in [-0.1, -0.05) is 66.7 Å². The number of hydrogen-bond donors (Lipinski definition) is 1. The molecule has 1 saturated heterocycles. The molecule has 4 nitrogen and oxygen atoms in total. The third-order valence-electron chi connectivity index (χ3n) is 4.73. The van der Waals surface area contributed by atoms with Crippen molar-refractivity contribution < 1.29 is 19.3 Å². The largest absolute Gasteiger partial charge is 0.393 e. The normalized spacial score (nSPS) is 25.3. The van der Waals surface area contributed by atoms with Crippen molar-refractivity contribution >= 4 is 0 Å². The van der Waals surface area contributed by atoms with Gasteiger partial charge >= 0.3 is 0 Å². The summed E-state index contributed by atoms with van der Waals surface area (Å²) in [7, 11) is 0. The lowest BCUT2D eigenvalue weighted by Gasteiger charge is -2.33. The van der Waals surface area contributed by atoms with Gasteiger partial charge in [-0.15, -0.1) is 6.58 Å². The highest BCUT2D eigenvalue weighted by Gasteiger charge is 2.50. The number of aliphatic hydroxyl groups is 1. The molecule has 0 unspecified atom stereocenters. The zero-order chi connectivity index (χ0) is 18.2. The third kappa shape index (κ3) is 4.40. The van der Waals surface area contributed by atoms with Crippen LogP contribution in [0.2, 0.25) is 0 Å². The van der Waals surface area contributed by atoms with Crippen molar-refractivity contribution in [3.8, 4) is 0 Å². The quantitative estimate of drug-likeness (QED) is 0.700. The highest BCUT2D eigenvalue weighted by Crippen LogP contribution is 2.35. The summed E-state index contributed by atoms with van der Waals surface area (Å²) in [6, 6.07) is 20.0. The Bertz CT molecular complexity index is 673. The molecular weight excluding hydrogens is 328 g/mol. The first-order valence-corrected chi connectivity index (χ1v) is 8.94. The van der Waals surface area contributed by atoms with Crippen molar-refractivity contribution in [2.24, 2.45) is 0 Å². The Morgan fingerprint density at radius 3 is 2.12 bits per heavy atom. The molecule has 0 spiro atoms. The van der Waals surface area contributed by atoms with Crippen LogP contribution in [0.3, 0.4) is 0 Å². The maximum atomic E-state index is 10.0. The molecule has 1 aliphatic heterocycles. The molecule has 0 bridgehead atoms. The smallest absolute Gasteiger partial charge is 0.123 e. The van der Waals surface area contributed by atoms with E-state index in [-0.39, 0.29) is 18.8 Å². The average molecular weight is 354 g/mol. The van der Waals surface area contributed by atoms with Crippen molar-refractivity contribution in [2.75, 3.05) is 13.2 Å². The SMILES string of the molecule is C=CC[C@@]1(CO)OC[C@@H](OCc2ccccc2)[C@@H]1OCc1ccccc1. The molecular formula is C22H26O4. The molecule has 138 valence electrons. The average Bonchev–Trinajstić information content (AvgIpc) is 3.04. The van der Waals surface area contributed by atoms with Crippen LogP contribution in [0, 0.1) is 0 Å². The van der Waals surface area contributed by atoms with Gasteiger partial charge in [0.25, 0.3) is 0 Å². The van der Waals surface area contributed by atoms with E-state index in [1.165, 1.54) is 0 Å². The molecule has 1 heterocycles. The summed E-state index contributed by atoms with van der Waals surface area (Å²) in [5, 5.41) is 10.0. The summed E-state index contributed by atoms with van der Waals surface area (Å²) >= 11 is 0. The first-order valence-electron chi connectivity index (χ1n) is 8.94. The highest BCUT2D eigenvalue weighted by molar-refractivity contribution is 5.15. The topological polar surface area (TPSA) is 47.9 Å². The molecule has 1 fully saturated rings. The Morgan fingerprint density at radius 1 is 1.00 bits per heavy atom. The van der Waals surface area contributed by atoms with E-state index in [0.29, 0.717) is 26.2 Å². The number of rotatable bonds is 9. The standard InChI is InChI=1S/C22H26O4/c1-2-13-22(17-23)21(25-15-19-11-7-4-8-12-19)20(16-26-22)24-14-18-9-5-3-6-10-18/h2-12,20-21,23H,1,13-17H2/t20-,21+,22+/m1/s1. The first kappa shape index (κ1) is 18.8. The fourth-order valence-electron chi connectivity index (χ4n) is 3.31. The molecule has 4 heteroatoms. The molecule has 26 heavy (non-hydrogen) atoms. The van der Waals surface area contributed by atoms with Crippen molar-refractivity contribution in [3.05, 3.63) is 84.4 Å². The predicted octanol–water partition coefficient (Wildman–Crippen LogP) is 3.49. The summed E-state index contributed by atoms with van der Waals surface area (Å²) in [6.07, 6.45) is 1.66. The minimum Gasteiger partial charge on any atom is -0.393 e. The van der Waals surface area contributed by atoms with Gasteiger partial charge in [-0.2, -0.15) is 0 Å². The highest BCUT2D eigenvalue weighted by atomic mass is 16.6. The van der Waals surface area contributed by atoms with E-state index in [1.54, 1.807) is 6.08 Å². The lowest BCUT2D eigenvalue weighted by molar-refractivity contribution is -0.131. The van der Waals surface area contributed by atoms with Crippen LogP contribution in [0.5, 0.6) is 0 Å². The second kappa shape index (κ2) is 9.10. The second-order valence-electron chi connectivity index (χ2n) is 6.58. The molecule has 0 amide bonds. The molecule has 2 aromatic carbocycles. The molecule has 3 atom stereocenters. The number of benzene rings is 2. The van der Waals surface area contributed by atoms with Gasteiger partial charge in [-0.25, -0.2) is 0 Å². The molecule has 0 aliphatic carbocycles. The number of aliphatic hydroxyl groups excluding tert-OH is 1. The summed E-state index contributed by atoms with van der Waals surface area (Å²) in [5.74, 6) is 0. The molecule has 0 saturated carbocycles. The van der Waals surface area contributed by atoms with Crippen LogP contribution in [0.1, 0.15) is 17.5 Å². The van der Waals surface area contributed by atoms with E-state index in [9.17, 15) is 5.11 Å². The number of hydrogen-bond acceptors (Lipinski definition) is 4. The lowest BCUT2D eigenvalue weighted by Crippen LogP contribution is -2.48. The van der Waals surface area contributed by atoms with E-state index in [0.717, 1.165) is 11.1 Å². The first-order chi connectivity index (χ1) is 12.8. The Hall–Kier alpha value is -1.98. The van der Waals surface area contributed by atoms with Gasteiger partial charge in [0, 0.05) is 0 Å². The summed E-state index contributed by atoms with van der Waals surface area (Å²) < 4.78 is 18.3. The van der Waals surface area contributed by atoms with Crippen molar-refractivity contribution in [3.63, 3.8) is 0 Å². The van der Waals surface area contributed by atoms with Crippen LogP contribution in [-0.2, 0) is 27.4 Å². The van der Waals surface area contributed by atoms with Gasteiger partial charge in [-0.05, 0) is 17.5 Å². The summed E-state index contributed by atoms with van der Waals surface area (Å²) in [5.41, 5.74) is 1.36. The lowest BCUT2D eigenvalue weighted by atomic mass is 9.92. The monoisotopic (exact) mass is 354 g/mol. The van der Waals surface area contributed by atoms with Crippen molar-refractivity contribution in [2.45, 2.75) is 37.4 Å². The van der Waals surface area contributed by atoms with Gasteiger partial charge in [-0.3, -0.25) is 0 Å². The predicted molar refractivity (Wildman–Crippen MR) is 101 cm³/mol. The fourth-order valence-corrected chi connectivity index (χ4v) is 3.31. The minimum absolute atomic E-state index is 0.135. The van der Waals surface area contributed by atoms with E-state index >= 15 is 0 Å². The molecule has 1 aliphatic rings. The maximum absolute atomic E-state index is 10.0. The van der Waals surface area contributed by atoms with Gasteiger partial charge in [0.1, 0.15) is 17.8 Å². The molecule has 0 aromatic heterocycles. The van der Waals surface area contributed by atoms with Gasteiger partial charge in [0.05, 0.1) is 26.4 Å². The van der Waals surface area contributed by atoms with Gasteiger partial charge in [0.15, 0.2) is 0 Å². The molecule has 2 aromatic rings. The summed E-state index contributed by atoms with van der Waals surface area (Å²) in [6.45, 7) is 4.98. The van der Waals surface area contributed by atoms with Crippen LogP contribution in [0.4, 0.5) is 0 Å². The number of ether oxygens (including phenoxy) is 3. The van der Waals surface area contributed by atoms with Crippen LogP contribution < -0.4 is 0 Å². The Labute approximate surface area is 155 Å². The van der Waals surface area contributed by atoms with Gasteiger partial charge < -0.3 is 19.3 Å². The fraction of sp³-hybridized carbons (Fsp3) is 0.364. The van der Waals surface area contributed by atoms with Crippen molar-refractivity contribution in [1.29, 1.82) is 0 Å². The van der Waals surface area contributed by atoms with E-state index < -0.39 is 5.60 Å². The van der Waals surface area contributed by atoms with E-state index in [2.05, 4.69) is 6.58 Å². The molecule has 1 N–H and O–H groups in total. The Kier molecular flexibility index (Phi) is 6.58. The van der Waals surface area contributed by atoms with Crippen LogP contribution in [0.15, 0.2) is 73.3 Å². The third-order valence-corrected chi connectivity index (χ3v) is 4.73. The summed E-state index contributed by atoms with van der Waals surface area (Å²) in [4.78, 5) is 0. The maximum Gasteiger partial charge on any atom is 0.123 e. The van der Waals surface area contributed by atoms with Crippen LogP contribution in [-0.4, -0.2) is 36.1 Å². The zero-order valence-corrected chi connectivity index (χ0v) is 14.9. The zero-order valence-electron chi connectivity index (χ0n) is 14.9. The van der Waals surface area contributed by atoms with Crippen molar-refractivity contribution in [1.82, 2.24) is 0 Å². The Morgan fingerprint density at radius 2 is 1.58 bits per heavy atom. The van der Waals surface area contributed by atoms with Crippen LogP contribution >= 0.6 is 0 Å². The van der Waals surface area contributed by atoms with Crippen LogP contribution in [0.25, 0.3) is 0 Å². The Balaban J connectivity index is 1.70. The molecule has 0 radical (unpaired) electrons. The van der Waals surface area contributed by atoms with E-state index in [1.807, 2.05) is 60.7 Å². The van der Waals surface area contributed by atoms with Gasteiger partial charge in [0.2, 0.25) is 0 Å². The molecule has 3 rings (SSSR count). The minimum atomic E-state index is -0.808. The van der Waals surface area contributed by atoms with E-state index in [4.69, 9.17) is 14.2 Å².